The minimum absolute atomic E-state index is 0.580. The molecule has 1 aromatic rings. The molecule has 0 aromatic heterocycles. The molecule has 0 heterocycles. The van der Waals surface area contributed by atoms with Gasteiger partial charge in [0.15, 0.2) is 0 Å². The van der Waals surface area contributed by atoms with E-state index in [4.69, 9.17) is 5.73 Å². The van der Waals surface area contributed by atoms with Crippen LogP contribution in [0.2, 0.25) is 0 Å². The normalized spacial score (nSPS) is 16.9. The predicted molar refractivity (Wildman–Crippen MR) is 67.9 cm³/mol. The lowest BCUT2D eigenvalue weighted by Gasteiger charge is -2.17. The standard InChI is InChI=1S/C12H17BrN2/c13-11-6-3-7-12(10(11)8-14)15-9-4-1-2-5-9/h3,6-7,9,15H,1-2,4-5,8,14H2. The van der Waals surface area contributed by atoms with E-state index >= 15 is 0 Å². The van der Waals surface area contributed by atoms with Crippen LogP contribution in [0.15, 0.2) is 22.7 Å². The monoisotopic (exact) mass is 268 g/mol. The summed E-state index contributed by atoms with van der Waals surface area (Å²) in [5.41, 5.74) is 8.13. The fraction of sp³-hybridized carbons (Fsp3) is 0.500. The molecule has 2 rings (SSSR count). The van der Waals surface area contributed by atoms with Crippen LogP contribution in [0.25, 0.3) is 0 Å². The molecule has 0 amide bonds. The molecule has 1 saturated carbocycles. The Hall–Kier alpha value is -0.540. The lowest BCUT2D eigenvalue weighted by Crippen LogP contribution is -2.16. The fourth-order valence-corrected chi connectivity index (χ4v) is 2.72. The molecule has 0 aliphatic heterocycles. The van der Waals surface area contributed by atoms with E-state index in [1.807, 2.05) is 6.07 Å². The number of hydrogen-bond donors (Lipinski definition) is 2. The van der Waals surface area contributed by atoms with Gasteiger partial charge >= 0.3 is 0 Å². The summed E-state index contributed by atoms with van der Waals surface area (Å²) in [6, 6.07) is 6.86. The van der Waals surface area contributed by atoms with Gasteiger partial charge in [-0.3, -0.25) is 0 Å². The second-order valence-corrected chi connectivity index (χ2v) is 4.95. The van der Waals surface area contributed by atoms with Crippen molar-refractivity contribution in [2.75, 3.05) is 5.32 Å². The van der Waals surface area contributed by atoms with Crippen molar-refractivity contribution < 1.29 is 0 Å². The summed E-state index contributed by atoms with van der Waals surface area (Å²) in [4.78, 5) is 0. The highest BCUT2D eigenvalue weighted by molar-refractivity contribution is 9.10. The smallest absolute Gasteiger partial charge is 0.0399 e. The SMILES string of the molecule is NCc1c(Br)cccc1NC1CCCC1. The summed E-state index contributed by atoms with van der Waals surface area (Å²) in [6.07, 6.45) is 5.28. The van der Waals surface area contributed by atoms with Gasteiger partial charge in [-0.25, -0.2) is 0 Å². The predicted octanol–water partition coefficient (Wildman–Crippen LogP) is 3.26. The van der Waals surface area contributed by atoms with E-state index in [1.54, 1.807) is 0 Å². The summed E-state index contributed by atoms with van der Waals surface area (Å²) in [6.45, 7) is 0.580. The van der Waals surface area contributed by atoms with Gasteiger partial charge in [-0.05, 0) is 25.0 Å². The number of benzene rings is 1. The average Bonchev–Trinajstić information content (AvgIpc) is 2.71. The van der Waals surface area contributed by atoms with Crippen molar-refractivity contribution in [3.63, 3.8) is 0 Å². The number of nitrogens with two attached hydrogens (primary N) is 1. The third-order valence-corrected chi connectivity index (χ3v) is 3.78. The Morgan fingerprint density at radius 2 is 2.07 bits per heavy atom. The quantitative estimate of drug-likeness (QED) is 0.883. The van der Waals surface area contributed by atoms with Gasteiger partial charge in [-0.2, -0.15) is 0 Å². The molecule has 3 N–H and O–H groups in total. The molecule has 0 spiro atoms. The van der Waals surface area contributed by atoms with E-state index in [0.29, 0.717) is 12.6 Å². The van der Waals surface area contributed by atoms with Crippen molar-refractivity contribution in [1.29, 1.82) is 0 Å². The third-order valence-electron chi connectivity index (χ3n) is 3.04. The topological polar surface area (TPSA) is 38.0 Å². The number of nitrogens with one attached hydrogen (secondary N) is 1. The number of anilines is 1. The van der Waals surface area contributed by atoms with Gasteiger partial charge in [-0.15, -0.1) is 0 Å². The van der Waals surface area contributed by atoms with E-state index < -0.39 is 0 Å². The highest BCUT2D eigenvalue weighted by Crippen LogP contribution is 2.28. The van der Waals surface area contributed by atoms with Crippen LogP contribution in [-0.2, 0) is 6.54 Å². The summed E-state index contributed by atoms with van der Waals surface area (Å²) >= 11 is 3.54. The zero-order valence-corrected chi connectivity index (χ0v) is 10.4. The van der Waals surface area contributed by atoms with Crippen LogP contribution in [-0.4, -0.2) is 6.04 Å². The molecule has 1 aromatic carbocycles. The summed E-state index contributed by atoms with van der Waals surface area (Å²) in [5.74, 6) is 0. The minimum atomic E-state index is 0.580. The molecule has 15 heavy (non-hydrogen) atoms. The van der Waals surface area contributed by atoms with E-state index in [2.05, 4.69) is 33.4 Å². The first-order valence-corrected chi connectivity index (χ1v) is 6.34. The zero-order valence-electron chi connectivity index (χ0n) is 8.80. The molecular weight excluding hydrogens is 252 g/mol. The Balaban J connectivity index is 2.15. The van der Waals surface area contributed by atoms with Crippen LogP contribution in [0, 0.1) is 0 Å². The maximum atomic E-state index is 5.76. The minimum Gasteiger partial charge on any atom is -0.382 e. The molecule has 0 radical (unpaired) electrons. The van der Waals surface area contributed by atoms with Gasteiger partial charge in [0.05, 0.1) is 0 Å². The van der Waals surface area contributed by atoms with Gasteiger partial charge in [0.25, 0.3) is 0 Å². The lowest BCUT2D eigenvalue weighted by atomic mass is 10.1. The highest BCUT2D eigenvalue weighted by Gasteiger charge is 2.16. The second kappa shape index (κ2) is 4.99. The molecule has 0 bridgehead atoms. The average molecular weight is 269 g/mol. The number of rotatable bonds is 3. The summed E-state index contributed by atoms with van der Waals surface area (Å²) in [7, 11) is 0. The number of halogens is 1. The maximum absolute atomic E-state index is 5.76. The Bertz CT molecular complexity index is 332. The molecule has 3 heteroatoms. The first-order valence-electron chi connectivity index (χ1n) is 5.55. The van der Waals surface area contributed by atoms with Crippen molar-refractivity contribution in [3.05, 3.63) is 28.2 Å². The molecule has 1 fully saturated rings. The lowest BCUT2D eigenvalue weighted by molar-refractivity contribution is 0.753. The molecule has 0 atom stereocenters. The first-order chi connectivity index (χ1) is 7.31. The second-order valence-electron chi connectivity index (χ2n) is 4.10. The molecular formula is C12H17BrN2. The zero-order chi connectivity index (χ0) is 10.7. The maximum Gasteiger partial charge on any atom is 0.0399 e. The molecule has 0 saturated heterocycles. The Kier molecular flexibility index (Phi) is 3.65. The van der Waals surface area contributed by atoms with Gasteiger partial charge in [0, 0.05) is 28.3 Å². The van der Waals surface area contributed by atoms with Crippen LogP contribution in [0.4, 0.5) is 5.69 Å². The van der Waals surface area contributed by atoms with Gasteiger partial charge in [0.2, 0.25) is 0 Å². The number of hydrogen-bond acceptors (Lipinski definition) is 2. The van der Waals surface area contributed by atoms with E-state index in [1.165, 1.54) is 36.9 Å². The summed E-state index contributed by atoms with van der Waals surface area (Å²) < 4.78 is 1.10. The van der Waals surface area contributed by atoms with Crippen molar-refractivity contribution in [2.24, 2.45) is 5.73 Å². The van der Waals surface area contributed by atoms with Crippen molar-refractivity contribution in [1.82, 2.24) is 0 Å². The highest BCUT2D eigenvalue weighted by atomic mass is 79.9. The largest absolute Gasteiger partial charge is 0.382 e. The van der Waals surface area contributed by atoms with E-state index in [9.17, 15) is 0 Å². The van der Waals surface area contributed by atoms with Crippen LogP contribution in [0.5, 0.6) is 0 Å². The van der Waals surface area contributed by atoms with Crippen LogP contribution < -0.4 is 11.1 Å². The van der Waals surface area contributed by atoms with E-state index in [0.717, 1.165) is 4.47 Å². The summed E-state index contributed by atoms with van der Waals surface area (Å²) in [5, 5.41) is 3.59. The molecule has 1 aliphatic carbocycles. The Morgan fingerprint density at radius 3 is 2.73 bits per heavy atom. The Labute approximate surface area is 99.4 Å². The third kappa shape index (κ3) is 2.52. The first kappa shape index (κ1) is 11.0. The van der Waals surface area contributed by atoms with Gasteiger partial charge in [0.1, 0.15) is 0 Å². The van der Waals surface area contributed by atoms with Gasteiger partial charge < -0.3 is 11.1 Å². The van der Waals surface area contributed by atoms with E-state index in [-0.39, 0.29) is 0 Å². The van der Waals surface area contributed by atoms with Crippen LogP contribution in [0.3, 0.4) is 0 Å². The molecule has 82 valence electrons. The van der Waals surface area contributed by atoms with Crippen molar-refractivity contribution >= 4 is 21.6 Å². The molecule has 0 unspecified atom stereocenters. The molecule has 2 nitrogen and oxygen atoms in total. The van der Waals surface area contributed by atoms with Crippen molar-refractivity contribution in [2.45, 2.75) is 38.3 Å². The van der Waals surface area contributed by atoms with Gasteiger partial charge in [-0.1, -0.05) is 34.8 Å². The van der Waals surface area contributed by atoms with Crippen LogP contribution in [0.1, 0.15) is 31.2 Å². The Morgan fingerprint density at radius 1 is 1.33 bits per heavy atom. The fourth-order valence-electron chi connectivity index (χ4n) is 2.19. The van der Waals surface area contributed by atoms with Crippen LogP contribution >= 0.6 is 15.9 Å². The van der Waals surface area contributed by atoms with Crippen molar-refractivity contribution in [3.8, 4) is 0 Å². The molecule has 1 aliphatic rings.